The van der Waals surface area contributed by atoms with Crippen LogP contribution in [-0.4, -0.2) is 10.1 Å². The minimum Gasteiger partial charge on any atom is -0.381 e. The molecule has 0 fully saturated rings. The summed E-state index contributed by atoms with van der Waals surface area (Å²) >= 11 is 0. The number of H-pyrrole nitrogens is 1. The summed E-state index contributed by atoms with van der Waals surface area (Å²) in [5, 5.41) is 4.91. The van der Waals surface area contributed by atoms with Crippen molar-refractivity contribution in [2.24, 2.45) is 0 Å². The first-order valence-electron chi connectivity index (χ1n) is 6.03. The number of hydrogen-bond acceptors (Lipinski definition) is 3. The molecule has 0 aliphatic carbocycles. The predicted octanol–water partition coefficient (Wildman–Crippen LogP) is 3.28. The molecule has 3 rings (SSSR count). The van der Waals surface area contributed by atoms with Crippen LogP contribution in [0.1, 0.15) is 18.2 Å². The number of rotatable bonds is 2. The summed E-state index contributed by atoms with van der Waals surface area (Å²) in [5.74, 6) is 1.12. The van der Waals surface area contributed by atoms with Gasteiger partial charge in [0.1, 0.15) is 0 Å². The van der Waals surface area contributed by atoms with E-state index in [4.69, 9.17) is 10.3 Å². The molecule has 0 saturated heterocycles. The number of hydrogen-bond donors (Lipinski definition) is 2. The summed E-state index contributed by atoms with van der Waals surface area (Å²) in [6.45, 7) is 4.19. The lowest BCUT2D eigenvalue weighted by molar-refractivity contribution is 0.436. The van der Waals surface area contributed by atoms with Gasteiger partial charge in [-0.15, -0.1) is 0 Å². The van der Waals surface area contributed by atoms with Crippen molar-refractivity contribution in [2.75, 3.05) is 5.73 Å². The molecule has 2 aromatic heterocycles. The minimum atomic E-state index is 0.408. The van der Waals surface area contributed by atoms with E-state index >= 15 is 0 Å². The van der Waals surface area contributed by atoms with Crippen molar-refractivity contribution in [3.8, 4) is 11.3 Å². The molecule has 0 aliphatic heterocycles. The number of anilines is 1. The summed E-state index contributed by atoms with van der Waals surface area (Å²) in [6.07, 6.45) is 0.995. The van der Waals surface area contributed by atoms with Gasteiger partial charge >= 0.3 is 0 Å². The fourth-order valence-corrected chi connectivity index (χ4v) is 2.43. The number of para-hydroxylation sites is 1. The molecule has 2 heterocycles. The van der Waals surface area contributed by atoms with Gasteiger partial charge in [0.05, 0.1) is 0 Å². The largest absolute Gasteiger partial charge is 0.381 e. The second-order valence-corrected chi connectivity index (χ2v) is 4.43. The Balaban J connectivity index is 2.33. The standard InChI is InChI=1S/C14H15N3O/c1-3-9-5-4-6-10-13(8(2)16-14(9)10)11-7-12(15)17-18-11/h4-7,16H,3H2,1-2H3,(H2,15,17). The highest BCUT2D eigenvalue weighted by molar-refractivity contribution is 5.97. The van der Waals surface area contributed by atoms with Crippen LogP contribution in [0.25, 0.3) is 22.2 Å². The third kappa shape index (κ3) is 1.49. The fourth-order valence-electron chi connectivity index (χ4n) is 2.43. The lowest BCUT2D eigenvalue weighted by atomic mass is 10.0. The molecule has 4 heteroatoms. The normalized spacial score (nSPS) is 11.2. The Hall–Kier alpha value is -2.23. The summed E-state index contributed by atoms with van der Waals surface area (Å²) in [5.41, 5.74) is 10.2. The molecule has 0 aliphatic rings. The molecule has 0 unspecified atom stereocenters. The zero-order valence-corrected chi connectivity index (χ0v) is 10.4. The maximum atomic E-state index is 5.62. The van der Waals surface area contributed by atoms with Crippen LogP contribution >= 0.6 is 0 Å². The average molecular weight is 241 g/mol. The predicted molar refractivity (Wildman–Crippen MR) is 72.3 cm³/mol. The van der Waals surface area contributed by atoms with Crippen LogP contribution in [0.4, 0.5) is 5.82 Å². The molecule has 0 bridgehead atoms. The number of nitrogens with zero attached hydrogens (tertiary/aromatic N) is 1. The Kier molecular flexibility index (Phi) is 2.37. The van der Waals surface area contributed by atoms with Gasteiger partial charge in [-0.2, -0.15) is 0 Å². The van der Waals surface area contributed by atoms with Crippen LogP contribution in [0, 0.1) is 6.92 Å². The van der Waals surface area contributed by atoms with Crippen LogP contribution < -0.4 is 5.73 Å². The zero-order chi connectivity index (χ0) is 12.7. The summed E-state index contributed by atoms with van der Waals surface area (Å²) < 4.78 is 5.28. The second kappa shape index (κ2) is 3.91. The second-order valence-electron chi connectivity index (χ2n) is 4.43. The Morgan fingerprint density at radius 2 is 2.22 bits per heavy atom. The van der Waals surface area contributed by atoms with Crippen LogP contribution in [-0.2, 0) is 6.42 Å². The van der Waals surface area contributed by atoms with Gasteiger partial charge in [0.2, 0.25) is 0 Å². The van der Waals surface area contributed by atoms with E-state index in [1.807, 2.05) is 6.92 Å². The highest BCUT2D eigenvalue weighted by atomic mass is 16.5. The molecule has 0 amide bonds. The smallest absolute Gasteiger partial charge is 0.171 e. The van der Waals surface area contributed by atoms with E-state index in [-0.39, 0.29) is 0 Å². The molecule has 0 saturated carbocycles. The molecule has 18 heavy (non-hydrogen) atoms. The summed E-state index contributed by atoms with van der Waals surface area (Å²) in [6, 6.07) is 8.05. The number of nitrogen functional groups attached to an aromatic ring is 1. The monoisotopic (exact) mass is 241 g/mol. The molecular weight excluding hydrogens is 226 g/mol. The van der Waals surface area contributed by atoms with Crippen molar-refractivity contribution >= 4 is 16.7 Å². The maximum absolute atomic E-state index is 5.62. The number of fused-ring (bicyclic) bond motifs is 1. The van der Waals surface area contributed by atoms with E-state index in [1.165, 1.54) is 11.1 Å². The van der Waals surface area contributed by atoms with Gasteiger partial charge in [0.25, 0.3) is 0 Å². The van der Waals surface area contributed by atoms with Crippen molar-refractivity contribution < 1.29 is 4.52 Å². The first-order chi connectivity index (χ1) is 8.70. The van der Waals surface area contributed by atoms with E-state index in [1.54, 1.807) is 6.07 Å². The van der Waals surface area contributed by atoms with Gasteiger partial charge in [-0.1, -0.05) is 30.3 Å². The minimum absolute atomic E-state index is 0.408. The molecule has 3 aromatic rings. The Labute approximate surface area is 105 Å². The van der Waals surface area contributed by atoms with E-state index in [9.17, 15) is 0 Å². The quantitative estimate of drug-likeness (QED) is 0.723. The molecule has 0 atom stereocenters. The molecule has 3 N–H and O–H groups in total. The topological polar surface area (TPSA) is 67.8 Å². The fraction of sp³-hybridized carbons (Fsp3) is 0.214. The van der Waals surface area contributed by atoms with Crippen LogP contribution in [0.5, 0.6) is 0 Å². The van der Waals surface area contributed by atoms with Gasteiger partial charge in [0.15, 0.2) is 11.6 Å². The van der Waals surface area contributed by atoms with Gasteiger partial charge in [-0.05, 0) is 18.9 Å². The average Bonchev–Trinajstić information content (AvgIpc) is 2.91. The van der Waals surface area contributed by atoms with Crippen molar-refractivity contribution in [3.05, 3.63) is 35.5 Å². The summed E-state index contributed by atoms with van der Waals surface area (Å²) in [7, 11) is 0. The number of aromatic nitrogens is 2. The number of nitrogens with one attached hydrogen (secondary N) is 1. The highest BCUT2D eigenvalue weighted by Crippen LogP contribution is 2.34. The SMILES string of the molecule is CCc1cccc2c(-c3cc(N)no3)c(C)[nH]c12. The number of benzene rings is 1. The van der Waals surface area contributed by atoms with E-state index in [0.717, 1.165) is 23.1 Å². The highest BCUT2D eigenvalue weighted by Gasteiger charge is 2.15. The van der Waals surface area contributed by atoms with Gasteiger partial charge < -0.3 is 15.2 Å². The number of nitrogens with two attached hydrogens (primary N) is 1. The van der Waals surface area contributed by atoms with Crippen molar-refractivity contribution in [1.29, 1.82) is 0 Å². The van der Waals surface area contributed by atoms with Gasteiger partial charge in [0, 0.05) is 28.2 Å². The first-order valence-corrected chi connectivity index (χ1v) is 6.03. The Bertz CT molecular complexity index is 709. The van der Waals surface area contributed by atoms with Crippen molar-refractivity contribution in [2.45, 2.75) is 20.3 Å². The van der Waals surface area contributed by atoms with Crippen molar-refractivity contribution in [3.63, 3.8) is 0 Å². The number of aryl methyl sites for hydroxylation is 2. The molecule has 4 nitrogen and oxygen atoms in total. The van der Waals surface area contributed by atoms with Crippen LogP contribution in [0.2, 0.25) is 0 Å². The zero-order valence-electron chi connectivity index (χ0n) is 10.4. The van der Waals surface area contributed by atoms with Crippen LogP contribution in [0.15, 0.2) is 28.8 Å². The van der Waals surface area contributed by atoms with Crippen LogP contribution in [0.3, 0.4) is 0 Å². The third-order valence-electron chi connectivity index (χ3n) is 3.26. The molecule has 1 aromatic carbocycles. The van der Waals surface area contributed by atoms with Crippen molar-refractivity contribution in [1.82, 2.24) is 10.1 Å². The lowest BCUT2D eigenvalue weighted by Crippen LogP contribution is -1.81. The Morgan fingerprint density at radius 1 is 1.39 bits per heavy atom. The van der Waals surface area contributed by atoms with E-state index < -0.39 is 0 Å². The van der Waals surface area contributed by atoms with E-state index in [0.29, 0.717) is 11.6 Å². The molecule has 0 spiro atoms. The third-order valence-corrected chi connectivity index (χ3v) is 3.26. The Morgan fingerprint density at radius 3 is 2.89 bits per heavy atom. The number of aromatic amines is 1. The van der Waals surface area contributed by atoms with E-state index in [2.05, 4.69) is 35.3 Å². The molecule has 0 radical (unpaired) electrons. The van der Waals surface area contributed by atoms with Gasteiger partial charge in [-0.25, -0.2) is 0 Å². The maximum Gasteiger partial charge on any atom is 0.171 e. The summed E-state index contributed by atoms with van der Waals surface area (Å²) in [4.78, 5) is 3.43. The lowest BCUT2D eigenvalue weighted by Gasteiger charge is -1.99. The first kappa shape index (κ1) is 10.9. The molecular formula is C14H15N3O. The molecule has 92 valence electrons. The van der Waals surface area contributed by atoms with Gasteiger partial charge in [-0.3, -0.25) is 0 Å².